The summed E-state index contributed by atoms with van der Waals surface area (Å²) in [6.45, 7) is 9.11. The third-order valence-corrected chi connectivity index (χ3v) is 7.06. The van der Waals surface area contributed by atoms with E-state index in [2.05, 4.69) is 9.97 Å². The van der Waals surface area contributed by atoms with Crippen molar-refractivity contribution in [3.05, 3.63) is 38.2 Å². The van der Waals surface area contributed by atoms with Gasteiger partial charge in [-0.2, -0.15) is 0 Å². The molecular weight excluding hydrogens is 434 g/mol. The van der Waals surface area contributed by atoms with Crippen molar-refractivity contribution in [2.24, 2.45) is 5.92 Å². The predicted octanol–water partition coefficient (Wildman–Crippen LogP) is 2.48. The van der Waals surface area contributed by atoms with Crippen LogP contribution < -0.4 is 11.2 Å². The highest BCUT2D eigenvalue weighted by Crippen LogP contribution is 2.26. The number of carbonyl (C=O) groups excluding carboxylic acids is 2. The number of nitrogens with one attached hydrogen (secondary N) is 1. The smallest absolute Gasteiger partial charge is 0.329 e. The summed E-state index contributed by atoms with van der Waals surface area (Å²) in [6, 6.07) is 1.70. The number of fused-ring (bicyclic) bond motifs is 1. The highest BCUT2D eigenvalue weighted by molar-refractivity contribution is 6.05. The second kappa shape index (κ2) is 10.1. The number of H-pyrrole nitrogens is 1. The quantitative estimate of drug-likeness (QED) is 0.699. The first-order valence-corrected chi connectivity index (χ1v) is 12.5. The van der Waals surface area contributed by atoms with Crippen LogP contribution in [0.3, 0.4) is 0 Å². The lowest BCUT2D eigenvalue weighted by Gasteiger charge is -2.32. The van der Waals surface area contributed by atoms with E-state index in [0.717, 1.165) is 38.8 Å². The molecule has 9 heteroatoms. The lowest BCUT2D eigenvalue weighted by atomic mass is 9.92. The summed E-state index contributed by atoms with van der Waals surface area (Å²) >= 11 is 0. The van der Waals surface area contributed by atoms with Crippen molar-refractivity contribution in [3.8, 4) is 0 Å². The van der Waals surface area contributed by atoms with Crippen LogP contribution in [0.4, 0.5) is 0 Å². The number of piperidine rings is 1. The number of hydrogen-bond acceptors (Lipinski definition) is 5. The molecular formula is C25H35N5O4. The Kier molecular flexibility index (Phi) is 7.19. The molecule has 0 atom stereocenters. The number of hydrogen-bond donors (Lipinski definition) is 1. The first-order chi connectivity index (χ1) is 16.3. The van der Waals surface area contributed by atoms with Gasteiger partial charge in [-0.15, -0.1) is 0 Å². The monoisotopic (exact) mass is 469 g/mol. The van der Waals surface area contributed by atoms with E-state index < -0.39 is 11.2 Å². The fourth-order valence-corrected chi connectivity index (χ4v) is 5.04. The van der Waals surface area contributed by atoms with Gasteiger partial charge in [0.25, 0.3) is 11.5 Å². The van der Waals surface area contributed by atoms with Crippen LogP contribution in [0.1, 0.15) is 81.3 Å². The van der Waals surface area contributed by atoms with Gasteiger partial charge in [-0.25, -0.2) is 9.78 Å². The SMILES string of the molecule is CCCn1c(=O)[nH]c(=O)c2c(C(=O)N3CCC(CC(=O)N4CCCC4)CC3)cc(C(C)C)nc21. The molecule has 34 heavy (non-hydrogen) atoms. The molecule has 2 amide bonds. The number of aromatic amines is 1. The van der Waals surface area contributed by atoms with Crippen molar-refractivity contribution in [3.63, 3.8) is 0 Å². The van der Waals surface area contributed by atoms with Crippen molar-refractivity contribution >= 4 is 22.8 Å². The first-order valence-electron chi connectivity index (χ1n) is 12.5. The van der Waals surface area contributed by atoms with Crippen LogP contribution in [-0.2, 0) is 11.3 Å². The molecule has 2 aliphatic heterocycles. The third kappa shape index (κ3) is 4.79. The molecule has 0 aliphatic carbocycles. The molecule has 2 aromatic heterocycles. The van der Waals surface area contributed by atoms with E-state index in [1.54, 1.807) is 11.0 Å². The summed E-state index contributed by atoms with van der Waals surface area (Å²) < 4.78 is 1.45. The summed E-state index contributed by atoms with van der Waals surface area (Å²) in [4.78, 5) is 62.1. The summed E-state index contributed by atoms with van der Waals surface area (Å²) in [7, 11) is 0. The molecule has 4 heterocycles. The normalized spacial score (nSPS) is 17.2. The molecule has 2 aliphatic rings. The molecule has 2 fully saturated rings. The van der Waals surface area contributed by atoms with E-state index in [1.165, 1.54) is 4.57 Å². The number of nitrogens with zero attached hydrogens (tertiary/aromatic N) is 4. The number of aromatic nitrogens is 3. The number of pyridine rings is 1. The fraction of sp³-hybridized carbons (Fsp3) is 0.640. The summed E-state index contributed by atoms with van der Waals surface area (Å²) in [5, 5.41) is 0.175. The van der Waals surface area contributed by atoms with Gasteiger partial charge in [0.15, 0.2) is 5.65 Å². The molecule has 2 saturated heterocycles. The molecule has 0 radical (unpaired) electrons. The largest absolute Gasteiger partial charge is 0.343 e. The van der Waals surface area contributed by atoms with Crippen LogP contribution in [0.5, 0.6) is 0 Å². The highest BCUT2D eigenvalue weighted by Gasteiger charge is 2.29. The molecule has 4 rings (SSSR count). The van der Waals surface area contributed by atoms with Crippen molar-refractivity contribution in [1.82, 2.24) is 24.3 Å². The van der Waals surface area contributed by atoms with Crippen LogP contribution in [0.2, 0.25) is 0 Å². The van der Waals surface area contributed by atoms with E-state index in [9.17, 15) is 19.2 Å². The van der Waals surface area contributed by atoms with E-state index >= 15 is 0 Å². The molecule has 1 N–H and O–H groups in total. The summed E-state index contributed by atoms with van der Waals surface area (Å²) in [5.74, 6) is 0.314. The van der Waals surface area contributed by atoms with Gasteiger partial charge in [-0.05, 0) is 50.0 Å². The Morgan fingerprint density at radius 1 is 1.09 bits per heavy atom. The molecule has 9 nitrogen and oxygen atoms in total. The van der Waals surface area contributed by atoms with Gasteiger partial charge in [0, 0.05) is 44.8 Å². The lowest BCUT2D eigenvalue weighted by molar-refractivity contribution is -0.131. The average molecular weight is 470 g/mol. The first kappa shape index (κ1) is 24.2. The van der Waals surface area contributed by atoms with Gasteiger partial charge in [0.2, 0.25) is 5.91 Å². The Morgan fingerprint density at radius 3 is 2.38 bits per heavy atom. The topological polar surface area (TPSA) is 108 Å². The molecule has 0 unspecified atom stereocenters. The van der Waals surface area contributed by atoms with E-state index in [4.69, 9.17) is 0 Å². The van der Waals surface area contributed by atoms with Crippen molar-refractivity contribution in [2.75, 3.05) is 26.2 Å². The Balaban J connectivity index is 1.60. The van der Waals surface area contributed by atoms with E-state index in [0.29, 0.717) is 43.7 Å². The maximum atomic E-state index is 13.6. The fourth-order valence-electron chi connectivity index (χ4n) is 5.04. The van der Waals surface area contributed by atoms with Crippen LogP contribution in [0.15, 0.2) is 15.7 Å². The highest BCUT2D eigenvalue weighted by atomic mass is 16.2. The number of carbonyl (C=O) groups is 2. The third-order valence-electron chi connectivity index (χ3n) is 7.06. The molecule has 0 bridgehead atoms. The molecule has 2 aromatic rings. The average Bonchev–Trinajstić information content (AvgIpc) is 3.36. The van der Waals surface area contributed by atoms with Gasteiger partial charge < -0.3 is 9.80 Å². The minimum absolute atomic E-state index is 0.0303. The minimum Gasteiger partial charge on any atom is -0.343 e. The maximum Gasteiger partial charge on any atom is 0.329 e. The van der Waals surface area contributed by atoms with E-state index in [1.807, 2.05) is 25.7 Å². The van der Waals surface area contributed by atoms with Crippen molar-refractivity contribution < 1.29 is 9.59 Å². The second-order valence-corrected chi connectivity index (χ2v) is 9.89. The van der Waals surface area contributed by atoms with Crippen LogP contribution >= 0.6 is 0 Å². The number of aryl methyl sites for hydroxylation is 1. The Morgan fingerprint density at radius 2 is 1.76 bits per heavy atom. The summed E-state index contributed by atoms with van der Waals surface area (Å²) in [5.41, 5.74) is 0.165. The maximum absolute atomic E-state index is 13.6. The molecule has 0 spiro atoms. The van der Waals surface area contributed by atoms with Crippen molar-refractivity contribution in [2.45, 2.75) is 71.8 Å². The second-order valence-electron chi connectivity index (χ2n) is 9.89. The molecule has 0 aromatic carbocycles. The Labute approximate surface area is 199 Å². The minimum atomic E-state index is -0.579. The number of amides is 2. The van der Waals surface area contributed by atoms with Crippen LogP contribution in [-0.4, -0.2) is 62.3 Å². The zero-order chi connectivity index (χ0) is 24.4. The van der Waals surface area contributed by atoms with Crippen LogP contribution in [0, 0.1) is 5.92 Å². The van der Waals surface area contributed by atoms with Gasteiger partial charge in [-0.1, -0.05) is 20.8 Å². The standard InChI is InChI=1S/C25H35N5O4/c1-4-9-30-22-21(23(32)27-25(30)34)18(15-19(26-22)16(2)3)24(33)29-12-7-17(8-13-29)14-20(31)28-10-5-6-11-28/h15-17H,4-14H2,1-3H3,(H,27,32,34). The summed E-state index contributed by atoms with van der Waals surface area (Å²) in [6.07, 6.45) is 4.94. The number of likely N-dealkylation sites (tertiary alicyclic amines) is 2. The van der Waals surface area contributed by atoms with Gasteiger partial charge in [0.1, 0.15) is 0 Å². The molecule has 0 saturated carbocycles. The van der Waals surface area contributed by atoms with Crippen LogP contribution in [0.25, 0.3) is 11.0 Å². The Hall–Kier alpha value is -2.97. The zero-order valence-corrected chi connectivity index (χ0v) is 20.4. The van der Waals surface area contributed by atoms with Gasteiger partial charge in [0.05, 0.1) is 10.9 Å². The van der Waals surface area contributed by atoms with Gasteiger partial charge in [-0.3, -0.25) is 23.9 Å². The van der Waals surface area contributed by atoms with Gasteiger partial charge >= 0.3 is 5.69 Å². The lowest BCUT2D eigenvalue weighted by Crippen LogP contribution is -2.41. The zero-order valence-electron chi connectivity index (χ0n) is 20.4. The predicted molar refractivity (Wildman–Crippen MR) is 130 cm³/mol. The number of rotatable bonds is 6. The molecule has 184 valence electrons. The van der Waals surface area contributed by atoms with Crippen molar-refractivity contribution in [1.29, 1.82) is 0 Å². The Bertz CT molecular complexity index is 1180. The van der Waals surface area contributed by atoms with E-state index in [-0.39, 0.29) is 34.7 Å².